The molecular formula is C17H12N4O4. The molecule has 1 aliphatic heterocycles. The number of non-ortho nitro benzene ring substituents is 1. The summed E-state index contributed by atoms with van der Waals surface area (Å²) in [4.78, 5) is 22.3. The fourth-order valence-electron chi connectivity index (χ4n) is 2.37. The number of carbonyl (C=O) groups is 1. The molecular weight excluding hydrogens is 324 g/mol. The Morgan fingerprint density at radius 1 is 1.32 bits per heavy atom. The molecule has 0 saturated carbocycles. The van der Waals surface area contributed by atoms with Crippen LogP contribution in [-0.4, -0.2) is 21.7 Å². The van der Waals surface area contributed by atoms with E-state index in [-0.39, 0.29) is 17.5 Å². The standard InChI is InChI=1S/C17H12N4O4/c1-11(22)20-17(13-7-5-12(10-18)6-8-13)25-16(19-20)14-3-2-4-15(9-14)21(23)24/h2-9,17H,1H3/t17-/m1/s1. The molecule has 1 aliphatic rings. The lowest BCUT2D eigenvalue weighted by molar-refractivity contribution is -0.384. The zero-order valence-corrected chi connectivity index (χ0v) is 13.1. The quantitative estimate of drug-likeness (QED) is 0.632. The van der Waals surface area contributed by atoms with Crippen molar-refractivity contribution in [1.82, 2.24) is 5.01 Å². The lowest BCUT2D eigenvalue weighted by atomic mass is 10.1. The lowest BCUT2D eigenvalue weighted by Crippen LogP contribution is -2.25. The molecule has 1 amide bonds. The minimum atomic E-state index is -0.792. The first kappa shape index (κ1) is 16.1. The third-order valence-corrected chi connectivity index (χ3v) is 3.60. The number of benzene rings is 2. The summed E-state index contributed by atoms with van der Waals surface area (Å²) in [5.74, 6) is -0.219. The maximum Gasteiger partial charge on any atom is 0.270 e. The highest BCUT2D eigenvalue weighted by Gasteiger charge is 2.33. The van der Waals surface area contributed by atoms with Crippen molar-refractivity contribution in [3.8, 4) is 6.07 Å². The number of nitrogens with zero attached hydrogens (tertiary/aromatic N) is 4. The molecule has 2 aromatic rings. The van der Waals surface area contributed by atoms with E-state index in [4.69, 9.17) is 10.00 Å². The van der Waals surface area contributed by atoms with Crippen LogP contribution in [0.5, 0.6) is 0 Å². The first-order chi connectivity index (χ1) is 12.0. The summed E-state index contributed by atoms with van der Waals surface area (Å²) in [6.45, 7) is 1.35. The van der Waals surface area contributed by atoms with Gasteiger partial charge >= 0.3 is 0 Å². The van der Waals surface area contributed by atoms with Crippen molar-refractivity contribution in [2.24, 2.45) is 5.10 Å². The van der Waals surface area contributed by atoms with Gasteiger partial charge in [-0.05, 0) is 18.2 Å². The minimum absolute atomic E-state index is 0.0972. The van der Waals surface area contributed by atoms with E-state index in [9.17, 15) is 14.9 Å². The highest BCUT2D eigenvalue weighted by atomic mass is 16.6. The third kappa shape index (κ3) is 3.16. The van der Waals surface area contributed by atoms with E-state index in [2.05, 4.69) is 5.10 Å². The van der Waals surface area contributed by atoms with Gasteiger partial charge in [0, 0.05) is 30.2 Å². The Labute approximate surface area is 142 Å². The summed E-state index contributed by atoms with van der Waals surface area (Å²) in [6.07, 6.45) is -0.792. The zero-order chi connectivity index (χ0) is 18.0. The average molecular weight is 336 g/mol. The normalized spacial score (nSPS) is 15.9. The molecule has 1 atom stereocenters. The molecule has 0 aliphatic carbocycles. The Balaban J connectivity index is 1.94. The monoisotopic (exact) mass is 336 g/mol. The van der Waals surface area contributed by atoms with E-state index in [0.29, 0.717) is 16.7 Å². The van der Waals surface area contributed by atoms with Crippen LogP contribution in [0.3, 0.4) is 0 Å². The largest absolute Gasteiger partial charge is 0.446 e. The topological polar surface area (TPSA) is 109 Å². The van der Waals surface area contributed by atoms with Crippen molar-refractivity contribution in [2.75, 3.05) is 0 Å². The Kier molecular flexibility index (Phi) is 4.14. The third-order valence-electron chi connectivity index (χ3n) is 3.60. The summed E-state index contributed by atoms with van der Waals surface area (Å²) >= 11 is 0. The second-order valence-electron chi connectivity index (χ2n) is 5.28. The van der Waals surface area contributed by atoms with Crippen molar-refractivity contribution in [2.45, 2.75) is 13.2 Å². The maximum absolute atomic E-state index is 11.9. The predicted octanol–water partition coefficient (Wildman–Crippen LogP) is 2.71. The second-order valence-corrected chi connectivity index (χ2v) is 5.28. The van der Waals surface area contributed by atoms with Gasteiger partial charge in [-0.2, -0.15) is 10.3 Å². The molecule has 0 fully saturated rings. The number of hydrogen-bond acceptors (Lipinski definition) is 6. The second kappa shape index (κ2) is 6.41. The smallest absolute Gasteiger partial charge is 0.270 e. The van der Waals surface area contributed by atoms with Crippen molar-refractivity contribution >= 4 is 17.5 Å². The number of nitriles is 1. The zero-order valence-electron chi connectivity index (χ0n) is 13.1. The highest BCUT2D eigenvalue weighted by Crippen LogP contribution is 2.31. The Morgan fingerprint density at radius 2 is 2.04 bits per heavy atom. The Morgan fingerprint density at radius 3 is 2.64 bits per heavy atom. The first-order valence-electron chi connectivity index (χ1n) is 7.29. The van der Waals surface area contributed by atoms with Crippen LogP contribution in [0, 0.1) is 21.4 Å². The van der Waals surface area contributed by atoms with Gasteiger partial charge in [0.15, 0.2) is 0 Å². The average Bonchev–Trinajstić information content (AvgIpc) is 3.07. The molecule has 8 nitrogen and oxygen atoms in total. The summed E-state index contributed by atoms with van der Waals surface area (Å²) in [5.41, 5.74) is 1.42. The molecule has 25 heavy (non-hydrogen) atoms. The maximum atomic E-state index is 11.9. The number of hydrazone groups is 1. The van der Waals surface area contributed by atoms with Crippen LogP contribution in [0.15, 0.2) is 53.6 Å². The minimum Gasteiger partial charge on any atom is -0.446 e. The number of ether oxygens (including phenoxy) is 1. The van der Waals surface area contributed by atoms with Crippen molar-refractivity contribution < 1.29 is 14.5 Å². The van der Waals surface area contributed by atoms with Gasteiger partial charge in [-0.15, -0.1) is 5.10 Å². The van der Waals surface area contributed by atoms with E-state index < -0.39 is 11.2 Å². The SMILES string of the molecule is CC(=O)N1N=C(c2cccc([N+](=O)[O-])c2)O[C@@H]1c1ccc(C#N)cc1. The van der Waals surface area contributed by atoms with Crippen molar-refractivity contribution in [3.05, 3.63) is 75.3 Å². The van der Waals surface area contributed by atoms with Gasteiger partial charge in [0.25, 0.3) is 5.69 Å². The van der Waals surface area contributed by atoms with Gasteiger partial charge < -0.3 is 4.74 Å². The predicted molar refractivity (Wildman–Crippen MR) is 87.1 cm³/mol. The highest BCUT2D eigenvalue weighted by molar-refractivity contribution is 5.96. The fraction of sp³-hybridized carbons (Fsp3) is 0.118. The molecule has 124 valence electrons. The molecule has 0 unspecified atom stereocenters. The number of nitro benzene ring substituents is 1. The Bertz CT molecular complexity index is 915. The van der Waals surface area contributed by atoms with E-state index >= 15 is 0 Å². The van der Waals surface area contributed by atoms with Gasteiger partial charge in [0.1, 0.15) is 0 Å². The van der Waals surface area contributed by atoms with Crippen molar-refractivity contribution in [3.63, 3.8) is 0 Å². The van der Waals surface area contributed by atoms with Gasteiger partial charge in [-0.3, -0.25) is 14.9 Å². The molecule has 0 N–H and O–H groups in total. The van der Waals surface area contributed by atoms with Crippen LogP contribution >= 0.6 is 0 Å². The number of carbonyl (C=O) groups excluding carboxylic acids is 1. The van der Waals surface area contributed by atoms with Gasteiger partial charge in [0.05, 0.1) is 16.6 Å². The molecule has 1 heterocycles. The van der Waals surface area contributed by atoms with Crippen LogP contribution in [0.4, 0.5) is 5.69 Å². The van der Waals surface area contributed by atoms with E-state index in [1.54, 1.807) is 30.3 Å². The molecule has 2 aromatic carbocycles. The number of amides is 1. The number of nitro groups is 1. The molecule has 3 rings (SSSR count). The van der Waals surface area contributed by atoms with Crippen LogP contribution < -0.4 is 0 Å². The van der Waals surface area contributed by atoms with E-state index in [1.165, 1.54) is 25.1 Å². The summed E-state index contributed by atoms with van der Waals surface area (Å²) in [7, 11) is 0. The van der Waals surface area contributed by atoms with Crippen LogP contribution in [0.2, 0.25) is 0 Å². The molecule has 0 radical (unpaired) electrons. The molecule has 8 heteroatoms. The molecule has 0 saturated heterocycles. The van der Waals surface area contributed by atoms with Crippen LogP contribution in [-0.2, 0) is 9.53 Å². The Hall–Kier alpha value is -3.73. The van der Waals surface area contributed by atoms with E-state index in [0.717, 1.165) is 5.01 Å². The van der Waals surface area contributed by atoms with E-state index in [1.807, 2.05) is 6.07 Å². The first-order valence-corrected chi connectivity index (χ1v) is 7.29. The summed E-state index contributed by atoms with van der Waals surface area (Å²) in [5, 5.41) is 25.1. The van der Waals surface area contributed by atoms with Gasteiger partial charge in [-0.1, -0.05) is 18.2 Å². The van der Waals surface area contributed by atoms with Gasteiger partial charge in [-0.25, -0.2) is 0 Å². The van der Waals surface area contributed by atoms with Crippen LogP contribution in [0.25, 0.3) is 0 Å². The summed E-state index contributed by atoms with van der Waals surface area (Å²) < 4.78 is 5.77. The van der Waals surface area contributed by atoms with Gasteiger partial charge in [0.2, 0.25) is 18.0 Å². The lowest BCUT2D eigenvalue weighted by Gasteiger charge is -2.19. The number of rotatable bonds is 3. The van der Waals surface area contributed by atoms with Crippen molar-refractivity contribution in [1.29, 1.82) is 5.26 Å². The number of hydrogen-bond donors (Lipinski definition) is 0. The summed E-state index contributed by atoms with van der Waals surface area (Å²) in [6, 6.07) is 14.4. The molecule has 0 aromatic heterocycles. The fourth-order valence-corrected chi connectivity index (χ4v) is 2.37. The molecule has 0 spiro atoms. The molecule has 0 bridgehead atoms. The van der Waals surface area contributed by atoms with Crippen LogP contribution in [0.1, 0.15) is 29.8 Å².